The third-order valence-corrected chi connectivity index (χ3v) is 2.97. The van der Waals surface area contributed by atoms with E-state index in [0.717, 1.165) is 4.47 Å². The lowest BCUT2D eigenvalue weighted by molar-refractivity contribution is -0.116. The molecule has 0 aliphatic rings. The van der Waals surface area contributed by atoms with Crippen LogP contribution < -0.4 is 5.32 Å². The van der Waals surface area contributed by atoms with E-state index in [4.69, 9.17) is 11.6 Å². The van der Waals surface area contributed by atoms with Crippen molar-refractivity contribution in [1.82, 2.24) is 14.5 Å². The van der Waals surface area contributed by atoms with Gasteiger partial charge in [-0.2, -0.15) is 0 Å². The van der Waals surface area contributed by atoms with Crippen LogP contribution in [-0.2, 0) is 11.3 Å². The highest BCUT2D eigenvalue weighted by atomic mass is 79.9. The van der Waals surface area contributed by atoms with Crippen LogP contribution in [0.15, 0.2) is 35.5 Å². The van der Waals surface area contributed by atoms with Crippen LogP contribution in [0.3, 0.4) is 0 Å². The summed E-state index contributed by atoms with van der Waals surface area (Å²) < 4.78 is 2.59. The molecule has 0 unspecified atom stereocenters. The molecule has 5 nitrogen and oxygen atoms in total. The third kappa shape index (κ3) is 3.54. The number of nitrogens with zero attached hydrogens (tertiary/aromatic N) is 3. The molecule has 1 amide bonds. The number of anilines is 1. The van der Waals surface area contributed by atoms with Crippen LogP contribution in [0, 0.1) is 0 Å². The van der Waals surface area contributed by atoms with E-state index < -0.39 is 0 Å². The highest BCUT2D eigenvalue weighted by Crippen LogP contribution is 2.22. The summed E-state index contributed by atoms with van der Waals surface area (Å²) in [7, 11) is 0. The van der Waals surface area contributed by atoms with Crippen molar-refractivity contribution >= 4 is 39.1 Å². The fourth-order valence-corrected chi connectivity index (χ4v) is 1.85. The van der Waals surface area contributed by atoms with Crippen molar-refractivity contribution in [3.8, 4) is 0 Å². The van der Waals surface area contributed by atoms with Crippen LogP contribution in [0.2, 0.25) is 5.15 Å². The largest absolute Gasteiger partial charge is 0.337 e. The molecule has 2 heterocycles. The Morgan fingerprint density at radius 2 is 2.39 bits per heavy atom. The minimum atomic E-state index is -0.120. The van der Waals surface area contributed by atoms with Crippen LogP contribution in [0.1, 0.15) is 6.42 Å². The Balaban J connectivity index is 1.92. The molecule has 0 radical (unpaired) electrons. The van der Waals surface area contributed by atoms with Crippen LogP contribution >= 0.6 is 27.5 Å². The molecule has 0 bridgehead atoms. The molecule has 0 spiro atoms. The van der Waals surface area contributed by atoms with E-state index in [1.165, 1.54) is 0 Å². The Morgan fingerprint density at radius 1 is 1.56 bits per heavy atom. The van der Waals surface area contributed by atoms with Crippen molar-refractivity contribution < 1.29 is 4.79 Å². The first kappa shape index (κ1) is 13.0. The van der Waals surface area contributed by atoms with Crippen molar-refractivity contribution in [2.75, 3.05) is 5.32 Å². The molecule has 2 aromatic heterocycles. The Morgan fingerprint density at radius 3 is 3.11 bits per heavy atom. The number of nitrogens with one attached hydrogen (secondary N) is 1. The third-order valence-electron chi connectivity index (χ3n) is 2.24. The SMILES string of the molecule is O=C(CCn1ccnc1)Nc1cc(Br)cnc1Cl. The molecule has 0 saturated heterocycles. The number of amides is 1. The molecule has 0 aliphatic heterocycles. The molecule has 0 fully saturated rings. The number of imidazole rings is 1. The predicted octanol–water partition coefficient (Wildman–Crippen LogP) is 2.72. The summed E-state index contributed by atoms with van der Waals surface area (Å²) in [6.07, 6.45) is 7.07. The fourth-order valence-electron chi connectivity index (χ4n) is 1.37. The van der Waals surface area contributed by atoms with E-state index in [-0.39, 0.29) is 11.1 Å². The number of hydrogen-bond donors (Lipinski definition) is 1. The number of carbonyl (C=O) groups excluding carboxylic acids is 1. The first-order valence-corrected chi connectivity index (χ1v) is 6.39. The highest BCUT2D eigenvalue weighted by molar-refractivity contribution is 9.10. The van der Waals surface area contributed by atoms with Gasteiger partial charge >= 0.3 is 0 Å². The molecule has 0 atom stereocenters. The lowest BCUT2D eigenvalue weighted by Crippen LogP contribution is -2.14. The van der Waals surface area contributed by atoms with Gasteiger partial charge in [0.2, 0.25) is 5.91 Å². The summed E-state index contributed by atoms with van der Waals surface area (Å²) in [5.41, 5.74) is 0.502. The van der Waals surface area contributed by atoms with E-state index in [1.54, 1.807) is 31.0 Å². The molecule has 7 heteroatoms. The van der Waals surface area contributed by atoms with Crippen LogP contribution in [0.4, 0.5) is 5.69 Å². The molecule has 0 aliphatic carbocycles. The second kappa shape index (κ2) is 5.97. The molecule has 1 N–H and O–H groups in total. The summed E-state index contributed by atoms with van der Waals surface area (Å²) in [5.74, 6) is -0.120. The van der Waals surface area contributed by atoms with Crippen molar-refractivity contribution in [1.29, 1.82) is 0 Å². The zero-order chi connectivity index (χ0) is 13.0. The Bertz CT molecular complexity index is 544. The van der Waals surface area contributed by atoms with Gasteiger partial charge < -0.3 is 9.88 Å². The number of hydrogen-bond acceptors (Lipinski definition) is 3. The average Bonchev–Trinajstić information content (AvgIpc) is 2.84. The maximum absolute atomic E-state index is 11.7. The van der Waals surface area contributed by atoms with Gasteiger partial charge in [-0.25, -0.2) is 9.97 Å². The monoisotopic (exact) mass is 328 g/mol. The van der Waals surface area contributed by atoms with Gasteiger partial charge in [0.15, 0.2) is 5.15 Å². The Hall–Kier alpha value is -1.40. The van der Waals surface area contributed by atoms with Gasteiger partial charge in [-0.15, -0.1) is 0 Å². The molecule has 94 valence electrons. The number of halogens is 2. The molecular weight excluding hydrogens is 320 g/mol. The lowest BCUT2D eigenvalue weighted by atomic mass is 10.3. The zero-order valence-corrected chi connectivity index (χ0v) is 11.6. The van der Waals surface area contributed by atoms with Crippen molar-refractivity contribution in [3.63, 3.8) is 0 Å². The quantitative estimate of drug-likeness (QED) is 0.877. The predicted molar refractivity (Wildman–Crippen MR) is 72.4 cm³/mol. The van der Waals surface area contributed by atoms with Crippen molar-refractivity contribution in [2.45, 2.75) is 13.0 Å². The van der Waals surface area contributed by atoms with Crippen LogP contribution in [0.25, 0.3) is 0 Å². The zero-order valence-electron chi connectivity index (χ0n) is 9.31. The summed E-state index contributed by atoms with van der Waals surface area (Å²) in [4.78, 5) is 19.6. The smallest absolute Gasteiger partial charge is 0.226 e. The van der Waals surface area contributed by atoms with Crippen molar-refractivity contribution in [3.05, 3.63) is 40.6 Å². The fraction of sp³-hybridized carbons (Fsp3) is 0.182. The summed E-state index contributed by atoms with van der Waals surface area (Å²) in [6.45, 7) is 0.574. The molecule has 2 rings (SSSR count). The van der Waals surface area contributed by atoms with Gasteiger partial charge in [-0.1, -0.05) is 11.6 Å². The summed E-state index contributed by atoms with van der Waals surface area (Å²) in [5, 5.41) is 2.99. The van der Waals surface area contributed by atoms with E-state index in [0.29, 0.717) is 18.7 Å². The van der Waals surface area contributed by atoms with Gasteiger partial charge in [0, 0.05) is 36.0 Å². The second-order valence-electron chi connectivity index (χ2n) is 3.59. The summed E-state index contributed by atoms with van der Waals surface area (Å²) in [6, 6.07) is 1.71. The number of aryl methyl sites for hydroxylation is 1. The standard InChI is InChI=1S/C11H10BrClN4O/c12-8-5-9(11(13)15-6-8)16-10(18)1-3-17-4-2-14-7-17/h2,4-7H,1,3H2,(H,16,18). The summed E-state index contributed by atoms with van der Waals surface area (Å²) >= 11 is 9.15. The van der Waals surface area contributed by atoms with E-state index in [1.807, 2.05) is 4.57 Å². The average molecular weight is 330 g/mol. The molecule has 0 saturated carbocycles. The maximum atomic E-state index is 11.7. The minimum Gasteiger partial charge on any atom is -0.337 e. The van der Waals surface area contributed by atoms with E-state index in [2.05, 4.69) is 31.2 Å². The van der Waals surface area contributed by atoms with E-state index in [9.17, 15) is 4.79 Å². The van der Waals surface area contributed by atoms with Gasteiger partial charge in [-0.05, 0) is 22.0 Å². The normalized spacial score (nSPS) is 10.3. The number of carbonyl (C=O) groups is 1. The molecule has 2 aromatic rings. The first-order chi connectivity index (χ1) is 8.65. The molecule has 0 aromatic carbocycles. The Labute approximate surface area is 117 Å². The van der Waals surface area contributed by atoms with Gasteiger partial charge in [0.25, 0.3) is 0 Å². The minimum absolute atomic E-state index is 0.120. The van der Waals surface area contributed by atoms with Gasteiger partial charge in [0.05, 0.1) is 12.0 Å². The number of aromatic nitrogens is 3. The van der Waals surface area contributed by atoms with Crippen LogP contribution in [0.5, 0.6) is 0 Å². The van der Waals surface area contributed by atoms with Crippen molar-refractivity contribution in [2.24, 2.45) is 0 Å². The molecular formula is C11H10BrClN4O. The topological polar surface area (TPSA) is 59.8 Å². The number of rotatable bonds is 4. The lowest BCUT2D eigenvalue weighted by Gasteiger charge is -2.07. The van der Waals surface area contributed by atoms with E-state index >= 15 is 0 Å². The first-order valence-electron chi connectivity index (χ1n) is 5.22. The van der Waals surface area contributed by atoms with Gasteiger partial charge in [0.1, 0.15) is 0 Å². The van der Waals surface area contributed by atoms with Crippen LogP contribution in [-0.4, -0.2) is 20.4 Å². The maximum Gasteiger partial charge on any atom is 0.226 e. The van der Waals surface area contributed by atoms with Gasteiger partial charge in [-0.3, -0.25) is 4.79 Å². The molecule has 18 heavy (non-hydrogen) atoms. The second-order valence-corrected chi connectivity index (χ2v) is 4.86. The highest BCUT2D eigenvalue weighted by Gasteiger charge is 2.07. The Kier molecular flexibility index (Phi) is 4.33. The number of pyridine rings is 1.